The topological polar surface area (TPSA) is 101 Å². The van der Waals surface area contributed by atoms with Crippen molar-refractivity contribution in [1.82, 2.24) is 10.9 Å². The first-order valence-corrected chi connectivity index (χ1v) is 16.6. The zero-order valence-corrected chi connectivity index (χ0v) is 27.7. The summed E-state index contributed by atoms with van der Waals surface area (Å²) in [6, 6.07) is 35.8. The highest BCUT2D eigenvalue weighted by Gasteiger charge is 2.52. The Morgan fingerprint density at radius 3 is 2.23 bits per heavy atom. The molecule has 0 bridgehead atoms. The van der Waals surface area contributed by atoms with E-state index in [0.717, 1.165) is 34.2 Å². The van der Waals surface area contributed by atoms with E-state index in [9.17, 15) is 4.79 Å². The number of amides is 1. The molecule has 3 N–H and O–H groups in total. The van der Waals surface area contributed by atoms with E-state index in [4.69, 9.17) is 24.3 Å². The fourth-order valence-corrected chi connectivity index (χ4v) is 5.47. The number of hydrazine groups is 1. The normalized spacial score (nSPS) is 17.3. The average Bonchev–Trinajstić information content (AvgIpc) is 3.51. The summed E-state index contributed by atoms with van der Waals surface area (Å²) in [6.45, 7) is 5.62. The Morgan fingerprint density at radius 1 is 0.875 bits per heavy atom. The summed E-state index contributed by atoms with van der Waals surface area (Å²) >= 11 is 0. The summed E-state index contributed by atoms with van der Waals surface area (Å²) in [4.78, 5) is 19.4. The molecule has 0 unspecified atom stereocenters. The number of carbonyl (C=O) groups excluding carboxylic acids is 1. The number of carbonyl (C=O) groups is 1. The van der Waals surface area contributed by atoms with E-state index in [0.29, 0.717) is 44.2 Å². The molecule has 250 valence electrons. The van der Waals surface area contributed by atoms with E-state index < -0.39 is 11.6 Å². The summed E-state index contributed by atoms with van der Waals surface area (Å²) in [6.07, 6.45) is 5.03. The molecule has 0 fully saturated rings. The van der Waals surface area contributed by atoms with Crippen LogP contribution in [-0.2, 0) is 14.3 Å². The van der Waals surface area contributed by atoms with Gasteiger partial charge in [0.1, 0.15) is 5.75 Å². The largest absolute Gasteiger partial charge is 0.494 e. The van der Waals surface area contributed by atoms with Crippen LogP contribution in [0.1, 0.15) is 55.9 Å². The number of nitrogens with zero attached hydrogens (tertiary/aromatic N) is 1. The Morgan fingerprint density at radius 2 is 1.54 bits per heavy atom. The lowest BCUT2D eigenvalue weighted by molar-refractivity contribution is -0.129. The number of rotatable bonds is 17. The van der Waals surface area contributed by atoms with Crippen LogP contribution >= 0.6 is 0 Å². The van der Waals surface area contributed by atoms with E-state index in [2.05, 4.69) is 35.1 Å². The van der Waals surface area contributed by atoms with Crippen molar-refractivity contribution in [3.63, 3.8) is 0 Å². The monoisotopic (exact) mass is 647 g/mol. The molecule has 0 saturated carbocycles. The summed E-state index contributed by atoms with van der Waals surface area (Å²) in [7, 11) is 0. The van der Waals surface area contributed by atoms with Gasteiger partial charge in [0.05, 0.1) is 12.7 Å². The molecule has 0 saturated heterocycles. The zero-order valence-electron chi connectivity index (χ0n) is 27.7. The quantitative estimate of drug-likeness (QED) is 0.0851. The van der Waals surface area contributed by atoms with Crippen LogP contribution in [-0.4, -0.2) is 54.9 Å². The van der Waals surface area contributed by atoms with Gasteiger partial charge in [-0.25, -0.2) is 10.4 Å². The molecule has 0 radical (unpaired) electrons. The summed E-state index contributed by atoms with van der Waals surface area (Å²) < 4.78 is 18.0. The molecule has 48 heavy (non-hydrogen) atoms. The lowest BCUT2D eigenvalue weighted by atomic mass is 9.84. The second kappa shape index (κ2) is 17.4. The first-order chi connectivity index (χ1) is 23.5. The molecule has 0 aromatic heterocycles. The van der Waals surface area contributed by atoms with Gasteiger partial charge in [-0.3, -0.25) is 10.2 Å². The van der Waals surface area contributed by atoms with Crippen molar-refractivity contribution in [3.8, 4) is 16.9 Å². The lowest BCUT2D eigenvalue weighted by Crippen LogP contribution is -2.52. The Bertz CT molecular complexity index is 1620. The lowest BCUT2D eigenvalue weighted by Gasteiger charge is -2.30. The maximum atomic E-state index is 14.3. The van der Waals surface area contributed by atoms with Crippen LogP contribution in [0.2, 0.25) is 0 Å². The minimum absolute atomic E-state index is 0.0693. The van der Waals surface area contributed by atoms with Crippen molar-refractivity contribution in [3.05, 3.63) is 132 Å². The number of hydrogen-bond donors (Lipinski definition) is 3. The third-order valence-electron chi connectivity index (χ3n) is 7.99. The molecule has 8 nitrogen and oxygen atoms in total. The third-order valence-corrected chi connectivity index (χ3v) is 7.99. The Labute approximate surface area is 283 Å². The van der Waals surface area contributed by atoms with Crippen LogP contribution in [0.5, 0.6) is 5.75 Å². The molecule has 0 aliphatic carbocycles. The second-order valence-electron chi connectivity index (χ2n) is 11.9. The predicted octanol–water partition coefficient (Wildman–Crippen LogP) is 6.91. The molecular weight excluding hydrogens is 602 g/mol. The summed E-state index contributed by atoms with van der Waals surface area (Å²) in [5.74, 6) is 0.767. The van der Waals surface area contributed by atoms with Crippen LogP contribution in [0.4, 0.5) is 0 Å². The standard InChI is InChI=1S/C40H45N3O5/c1-30(2)46-28-10-26-41-43-39(45)40(25-9-14-31-12-5-3-6-13-31)37(34-19-17-33(18-20-34)32-15-7-4-8-16-32)48-38(42-40)35-21-23-36(24-22-35)47-29-11-27-44/h3-9,12-24,30,37,41,44H,10-11,25-29H2,1-2H3,(H,43,45)/b14-9+/t37-,40-/m0/s1. The van der Waals surface area contributed by atoms with Crippen LogP contribution in [0.25, 0.3) is 17.2 Å². The van der Waals surface area contributed by atoms with Crippen molar-refractivity contribution in [2.24, 2.45) is 4.99 Å². The number of hydrogen-bond acceptors (Lipinski definition) is 7. The zero-order chi connectivity index (χ0) is 33.6. The Kier molecular flexibility index (Phi) is 12.5. The van der Waals surface area contributed by atoms with Crippen molar-refractivity contribution in [2.45, 2.75) is 50.9 Å². The van der Waals surface area contributed by atoms with Gasteiger partial charge in [0.25, 0.3) is 5.91 Å². The van der Waals surface area contributed by atoms with Crippen LogP contribution < -0.4 is 15.6 Å². The fraction of sp³-hybridized carbons (Fsp3) is 0.300. The first kappa shape index (κ1) is 34.6. The number of aliphatic imine (C=N–C) groups is 1. The Hall–Kier alpha value is -4.76. The molecule has 8 heteroatoms. The second-order valence-corrected chi connectivity index (χ2v) is 11.9. The first-order valence-electron chi connectivity index (χ1n) is 16.6. The molecule has 1 amide bonds. The number of nitrogens with one attached hydrogen (secondary N) is 2. The van der Waals surface area contributed by atoms with Gasteiger partial charge in [0, 0.05) is 38.2 Å². The van der Waals surface area contributed by atoms with E-state index in [1.165, 1.54) is 0 Å². The molecular formula is C40H45N3O5. The van der Waals surface area contributed by atoms with Crippen molar-refractivity contribution in [1.29, 1.82) is 0 Å². The van der Waals surface area contributed by atoms with Gasteiger partial charge in [-0.1, -0.05) is 97.1 Å². The molecule has 2 atom stereocenters. The van der Waals surface area contributed by atoms with Gasteiger partial charge in [-0.2, -0.15) is 0 Å². The summed E-state index contributed by atoms with van der Waals surface area (Å²) in [5.41, 5.74) is 9.50. The van der Waals surface area contributed by atoms with E-state index in [1.54, 1.807) is 0 Å². The van der Waals surface area contributed by atoms with Gasteiger partial charge < -0.3 is 19.3 Å². The van der Waals surface area contributed by atoms with Crippen LogP contribution in [0, 0.1) is 0 Å². The van der Waals surface area contributed by atoms with Gasteiger partial charge >= 0.3 is 0 Å². The Balaban J connectivity index is 1.47. The van der Waals surface area contributed by atoms with Gasteiger partial charge in [0.2, 0.25) is 5.90 Å². The highest BCUT2D eigenvalue weighted by molar-refractivity contribution is 6.01. The number of benzene rings is 4. The highest BCUT2D eigenvalue weighted by atomic mass is 16.5. The molecule has 1 aliphatic rings. The van der Waals surface area contributed by atoms with E-state index in [1.807, 2.05) is 111 Å². The SMILES string of the molecule is CC(C)OCCCNNC(=O)[C@@]1(C/C=C/c2ccccc2)N=C(c2ccc(OCCCO)cc2)O[C@H]1c1ccc(-c2ccccc2)cc1. The molecule has 1 heterocycles. The molecule has 4 aromatic rings. The molecule has 0 spiro atoms. The van der Waals surface area contributed by atoms with E-state index >= 15 is 0 Å². The third kappa shape index (κ3) is 9.19. The fourth-order valence-electron chi connectivity index (χ4n) is 5.47. The molecule has 5 rings (SSSR count). The molecule has 4 aromatic carbocycles. The van der Waals surface area contributed by atoms with Crippen LogP contribution in [0.15, 0.2) is 120 Å². The number of ether oxygens (including phenoxy) is 3. The number of aliphatic hydroxyl groups is 1. The van der Waals surface area contributed by atoms with Crippen LogP contribution in [0.3, 0.4) is 0 Å². The highest BCUT2D eigenvalue weighted by Crippen LogP contribution is 2.43. The predicted molar refractivity (Wildman–Crippen MR) is 191 cm³/mol. The van der Waals surface area contributed by atoms with E-state index in [-0.39, 0.29) is 18.6 Å². The minimum atomic E-state index is -1.31. The maximum absolute atomic E-state index is 14.3. The van der Waals surface area contributed by atoms with Crippen molar-refractivity contribution in [2.75, 3.05) is 26.4 Å². The van der Waals surface area contributed by atoms with Gasteiger partial charge in [-0.05, 0) is 66.8 Å². The average molecular weight is 648 g/mol. The van der Waals surface area contributed by atoms with Gasteiger partial charge in [-0.15, -0.1) is 0 Å². The van der Waals surface area contributed by atoms with Crippen molar-refractivity contribution >= 4 is 17.9 Å². The van der Waals surface area contributed by atoms with Crippen molar-refractivity contribution < 1.29 is 24.1 Å². The smallest absolute Gasteiger partial charge is 0.266 e. The number of aliphatic hydroxyl groups excluding tert-OH is 1. The van der Waals surface area contributed by atoms with Gasteiger partial charge in [0.15, 0.2) is 11.6 Å². The minimum Gasteiger partial charge on any atom is -0.494 e. The molecule has 1 aliphatic heterocycles. The summed E-state index contributed by atoms with van der Waals surface area (Å²) in [5, 5.41) is 9.10. The maximum Gasteiger partial charge on any atom is 0.266 e.